The molecule has 200 valence electrons. The van der Waals surface area contributed by atoms with Gasteiger partial charge in [0.05, 0.1) is 13.0 Å². The predicted molar refractivity (Wildman–Crippen MR) is 141 cm³/mol. The molecular formula is C30H44O6. The summed E-state index contributed by atoms with van der Waals surface area (Å²) in [4.78, 5) is 24.5. The van der Waals surface area contributed by atoms with Gasteiger partial charge in [0.2, 0.25) is 5.79 Å². The summed E-state index contributed by atoms with van der Waals surface area (Å²) in [7, 11) is 0. The van der Waals surface area contributed by atoms with E-state index in [0.717, 1.165) is 12.8 Å². The summed E-state index contributed by atoms with van der Waals surface area (Å²) in [5, 5.41) is 0. The molecule has 0 N–H and O–H groups in total. The standard InChI is InChI=1S/C30H44O6/c1-4-7-8-9-10-11-12-16-23-33-30(36-25-19-14-13-15-20-25)22-21-26(34-28(31)17-5-2)27(24-30)35-29(32)18-6-3/h13-15,19-22H,4-12,16-18,23-24H2,1-3H3. The first-order chi connectivity index (χ1) is 17.5. The molecule has 0 amide bonds. The van der Waals surface area contributed by atoms with Crippen LogP contribution in [0.5, 0.6) is 5.75 Å². The molecule has 2 rings (SSSR count). The third-order valence-corrected chi connectivity index (χ3v) is 5.92. The Morgan fingerprint density at radius 1 is 0.778 bits per heavy atom. The number of esters is 2. The molecule has 0 spiro atoms. The lowest BCUT2D eigenvalue weighted by molar-refractivity contribution is -0.161. The lowest BCUT2D eigenvalue weighted by Crippen LogP contribution is -2.40. The van der Waals surface area contributed by atoms with Crippen molar-refractivity contribution in [1.29, 1.82) is 0 Å². The molecule has 0 aromatic heterocycles. The molecule has 36 heavy (non-hydrogen) atoms. The molecule has 0 bridgehead atoms. The molecule has 1 aliphatic carbocycles. The van der Waals surface area contributed by atoms with Crippen molar-refractivity contribution in [2.24, 2.45) is 0 Å². The van der Waals surface area contributed by atoms with E-state index < -0.39 is 5.79 Å². The van der Waals surface area contributed by atoms with Gasteiger partial charge < -0.3 is 18.9 Å². The molecular weight excluding hydrogens is 456 g/mol. The van der Waals surface area contributed by atoms with Gasteiger partial charge in [-0.05, 0) is 43.5 Å². The van der Waals surface area contributed by atoms with Gasteiger partial charge in [0.25, 0.3) is 0 Å². The van der Waals surface area contributed by atoms with Crippen LogP contribution in [0.1, 0.15) is 104 Å². The Balaban J connectivity index is 2.11. The highest BCUT2D eigenvalue weighted by molar-refractivity contribution is 5.72. The summed E-state index contributed by atoms with van der Waals surface area (Å²) >= 11 is 0. The Morgan fingerprint density at radius 2 is 1.39 bits per heavy atom. The van der Waals surface area contributed by atoms with Crippen molar-refractivity contribution >= 4 is 11.9 Å². The normalized spacial score (nSPS) is 17.2. The van der Waals surface area contributed by atoms with Crippen molar-refractivity contribution in [1.82, 2.24) is 0 Å². The fourth-order valence-electron chi connectivity index (χ4n) is 3.98. The van der Waals surface area contributed by atoms with Crippen molar-refractivity contribution in [2.45, 2.75) is 110 Å². The van der Waals surface area contributed by atoms with Crippen molar-refractivity contribution in [3.05, 3.63) is 54.0 Å². The highest BCUT2D eigenvalue weighted by atomic mass is 16.7. The number of para-hydroxylation sites is 1. The third kappa shape index (κ3) is 11.0. The van der Waals surface area contributed by atoms with Gasteiger partial charge in [-0.2, -0.15) is 0 Å². The molecule has 1 atom stereocenters. The minimum atomic E-state index is -1.16. The van der Waals surface area contributed by atoms with Gasteiger partial charge in [-0.15, -0.1) is 0 Å². The molecule has 0 saturated heterocycles. The van der Waals surface area contributed by atoms with Crippen molar-refractivity contribution in [3.8, 4) is 5.75 Å². The number of hydrogen-bond acceptors (Lipinski definition) is 6. The number of allylic oxidation sites excluding steroid dienone is 1. The minimum absolute atomic E-state index is 0.125. The Bertz CT molecular complexity index is 844. The number of hydrogen-bond donors (Lipinski definition) is 0. The Labute approximate surface area is 217 Å². The Hall–Kier alpha value is -2.60. The maximum Gasteiger partial charge on any atom is 0.311 e. The van der Waals surface area contributed by atoms with Gasteiger partial charge in [0, 0.05) is 12.8 Å². The van der Waals surface area contributed by atoms with Crippen LogP contribution in [0.3, 0.4) is 0 Å². The van der Waals surface area contributed by atoms with Crippen LogP contribution < -0.4 is 4.74 Å². The van der Waals surface area contributed by atoms with Crippen LogP contribution in [0.2, 0.25) is 0 Å². The molecule has 0 aliphatic heterocycles. The van der Waals surface area contributed by atoms with Crippen LogP contribution in [0.25, 0.3) is 0 Å². The molecule has 0 saturated carbocycles. The van der Waals surface area contributed by atoms with Crippen LogP contribution in [-0.4, -0.2) is 24.3 Å². The zero-order valence-electron chi connectivity index (χ0n) is 22.4. The summed E-state index contributed by atoms with van der Waals surface area (Å²) in [6, 6.07) is 9.42. The van der Waals surface area contributed by atoms with Gasteiger partial charge >= 0.3 is 11.9 Å². The molecule has 1 aromatic carbocycles. The Kier molecular flexibility index (Phi) is 14.0. The summed E-state index contributed by atoms with van der Waals surface area (Å²) in [5.41, 5.74) is 0. The molecule has 0 radical (unpaired) electrons. The summed E-state index contributed by atoms with van der Waals surface area (Å²) in [5.74, 6) is -0.761. The van der Waals surface area contributed by atoms with Crippen molar-refractivity contribution in [3.63, 3.8) is 0 Å². The average molecular weight is 501 g/mol. The molecule has 0 heterocycles. The van der Waals surface area contributed by atoms with E-state index in [1.807, 2.05) is 44.2 Å². The first-order valence-corrected chi connectivity index (χ1v) is 13.7. The number of unbranched alkanes of at least 4 members (excludes halogenated alkanes) is 7. The lowest BCUT2D eigenvalue weighted by atomic mass is 10.0. The molecule has 6 heteroatoms. The summed E-state index contributed by atoms with van der Waals surface area (Å²) < 4.78 is 23.8. The summed E-state index contributed by atoms with van der Waals surface area (Å²) in [6.45, 7) is 6.56. The monoisotopic (exact) mass is 500 g/mol. The first kappa shape index (κ1) is 29.6. The van der Waals surface area contributed by atoms with E-state index in [9.17, 15) is 9.59 Å². The zero-order chi connectivity index (χ0) is 26.1. The fourth-order valence-corrected chi connectivity index (χ4v) is 3.98. The van der Waals surface area contributed by atoms with Crippen LogP contribution >= 0.6 is 0 Å². The second-order valence-corrected chi connectivity index (χ2v) is 9.30. The minimum Gasteiger partial charge on any atom is -0.458 e. The van der Waals surface area contributed by atoms with Crippen molar-refractivity contribution < 1.29 is 28.5 Å². The number of carbonyl (C=O) groups excluding carboxylic acids is 2. The highest BCUT2D eigenvalue weighted by Gasteiger charge is 2.38. The van der Waals surface area contributed by atoms with E-state index >= 15 is 0 Å². The largest absolute Gasteiger partial charge is 0.458 e. The maximum absolute atomic E-state index is 12.4. The second-order valence-electron chi connectivity index (χ2n) is 9.30. The highest BCUT2D eigenvalue weighted by Crippen LogP contribution is 2.35. The smallest absolute Gasteiger partial charge is 0.311 e. The topological polar surface area (TPSA) is 71.1 Å². The van der Waals surface area contributed by atoms with Crippen molar-refractivity contribution in [2.75, 3.05) is 6.61 Å². The SMILES string of the molecule is CCCCCCCCCCOC1(Oc2ccccc2)C=CC(OC(=O)CCC)=C(OC(=O)CCC)C1. The van der Waals surface area contributed by atoms with Gasteiger partial charge in [0.15, 0.2) is 11.5 Å². The van der Waals surface area contributed by atoms with E-state index in [4.69, 9.17) is 18.9 Å². The van der Waals surface area contributed by atoms with Gasteiger partial charge in [0.1, 0.15) is 5.75 Å². The second kappa shape index (κ2) is 17.0. The van der Waals surface area contributed by atoms with E-state index in [1.54, 1.807) is 12.2 Å². The molecule has 1 aromatic rings. The van der Waals surface area contributed by atoms with Gasteiger partial charge in [-0.1, -0.05) is 83.9 Å². The number of carbonyl (C=O) groups is 2. The summed E-state index contributed by atoms with van der Waals surface area (Å²) in [6.07, 6.45) is 15.0. The van der Waals surface area contributed by atoms with Crippen LogP contribution in [0.4, 0.5) is 0 Å². The van der Waals surface area contributed by atoms with Crippen LogP contribution in [-0.2, 0) is 23.8 Å². The molecule has 6 nitrogen and oxygen atoms in total. The quantitative estimate of drug-likeness (QED) is 0.116. The average Bonchev–Trinajstić information content (AvgIpc) is 2.86. The zero-order valence-corrected chi connectivity index (χ0v) is 22.4. The van der Waals surface area contributed by atoms with Gasteiger partial charge in [-0.3, -0.25) is 9.59 Å². The van der Waals surface area contributed by atoms with E-state index in [1.165, 1.54) is 38.5 Å². The first-order valence-electron chi connectivity index (χ1n) is 13.7. The number of benzene rings is 1. The van der Waals surface area contributed by atoms with E-state index in [2.05, 4.69) is 6.92 Å². The fraction of sp³-hybridized carbons (Fsp3) is 0.600. The van der Waals surface area contributed by atoms with Gasteiger partial charge in [-0.25, -0.2) is 0 Å². The van der Waals surface area contributed by atoms with E-state index in [-0.39, 0.29) is 42.7 Å². The molecule has 1 aliphatic rings. The lowest BCUT2D eigenvalue weighted by Gasteiger charge is -2.34. The van der Waals surface area contributed by atoms with E-state index in [0.29, 0.717) is 25.2 Å². The number of ether oxygens (including phenoxy) is 4. The predicted octanol–water partition coefficient (Wildman–Crippen LogP) is 7.78. The third-order valence-electron chi connectivity index (χ3n) is 5.92. The maximum atomic E-state index is 12.4. The number of rotatable bonds is 18. The Morgan fingerprint density at radius 3 is 2.03 bits per heavy atom. The van der Waals surface area contributed by atoms with Crippen LogP contribution in [0.15, 0.2) is 54.0 Å². The molecule has 0 fully saturated rings. The molecule has 1 unspecified atom stereocenters. The van der Waals surface area contributed by atoms with Crippen LogP contribution in [0, 0.1) is 0 Å².